The maximum absolute atomic E-state index is 10.6. The fourth-order valence-electron chi connectivity index (χ4n) is 0.726. The van der Waals surface area contributed by atoms with Crippen molar-refractivity contribution in [3.63, 3.8) is 0 Å². The van der Waals surface area contributed by atoms with E-state index in [1.807, 2.05) is 0 Å². The van der Waals surface area contributed by atoms with Gasteiger partial charge in [0.15, 0.2) is 5.75 Å². The molecule has 2 amide bonds. The second-order valence-electron chi connectivity index (χ2n) is 2.22. The van der Waals surface area contributed by atoms with Crippen molar-refractivity contribution in [3.05, 3.63) is 30.3 Å². The summed E-state index contributed by atoms with van der Waals surface area (Å²) in [6, 6.07) is 6.74. The average molecular weight is 215 g/mol. The molecule has 0 spiro atoms. The quantitative estimate of drug-likeness (QED) is 0.573. The van der Waals surface area contributed by atoms with Crippen LogP contribution in [0.1, 0.15) is 0 Å². The van der Waals surface area contributed by atoms with Gasteiger partial charge in [0.05, 0.1) is 11.3 Å². The van der Waals surface area contributed by atoms with E-state index in [0.29, 0.717) is 0 Å². The highest BCUT2D eigenvalue weighted by Crippen LogP contribution is 2.10. The summed E-state index contributed by atoms with van der Waals surface area (Å²) in [5, 5.41) is 0. The van der Waals surface area contributed by atoms with Crippen molar-refractivity contribution in [1.29, 1.82) is 0 Å². The number of primary amides is 1. The summed E-state index contributed by atoms with van der Waals surface area (Å²) in [7, 11) is 0. The zero-order chi connectivity index (χ0) is 10.6. The zero-order valence-corrected chi connectivity index (χ0v) is 7.77. The van der Waals surface area contributed by atoms with E-state index in [2.05, 4.69) is 4.84 Å². The van der Waals surface area contributed by atoms with E-state index < -0.39 is 17.3 Å². The van der Waals surface area contributed by atoms with Gasteiger partial charge in [-0.1, -0.05) is 22.7 Å². The molecule has 1 unspecified atom stereocenters. The van der Waals surface area contributed by atoms with Crippen molar-refractivity contribution >= 4 is 17.3 Å². The van der Waals surface area contributed by atoms with Gasteiger partial charge in [0, 0.05) is 0 Å². The van der Waals surface area contributed by atoms with Crippen molar-refractivity contribution in [1.82, 2.24) is 4.47 Å². The Labute approximate surface area is 82.6 Å². The van der Waals surface area contributed by atoms with E-state index in [0.717, 1.165) is 0 Å². The van der Waals surface area contributed by atoms with Gasteiger partial charge < -0.3 is 15.1 Å². The highest BCUT2D eigenvalue weighted by molar-refractivity contribution is 7.77. The Kier molecular flexibility index (Phi) is 3.43. The predicted molar refractivity (Wildman–Crippen MR) is 47.4 cm³/mol. The number of rotatable bonds is 3. The first kappa shape index (κ1) is 10.5. The minimum Gasteiger partial charge on any atom is -0.753 e. The molecule has 0 heterocycles. The first-order chi connectivity index (χ1) is 6.61. The number of nitrogens with two attached hydrogens (primary N) is 1. The number of para-hydroxylation sites is 1. The van der Waals surface area contributed by atoms with Crippen LogP contribution in [0, 0.1) is 0 Å². The third-order valence-electron chi connectivity index (χ3n) is 1.25. The monoisotopic (exact) mass is 215 g/mol. The number of hydroxylamine groups is 1. The van der Waals surface area contributed by atoms with Gasteiger partial charge in [-0.15, -0.1) is 0 Å². The van der Waals surface area contributed by atoms with Crippen molar-refractivity contribution in [2.75, 3.05) is 0 Å². The maximum Gasteiger partial charge on any atom is 0.359 e. The molecule has 76 valence electrons. The van der Waals surface area contributed by atoms with Crippen molar-refractivity contribution in [3.8, 4) is 5.75 Å². The van der Waals surface area contributed by atoms with Gasteiger partial charge in [-0.2, -0.15) is 0 Å². The zero-order valence-electron chi connectivity index (χ0n) is 6.95. The van der Waals surface area contributed by atoms with Crippen LogP contribution in [0.2, 0.25) is 0 Å². The van der Waals surface area contributed by atoms with Crippen LogP contribution < -0.4 is 10.6 Å². The molecule has 0 fully saturated rings. The third-order valence-corrected chi connectivity index (χ3v) is 1.77. The minimum atomic E-state index is -2.85. The molecular weight excluding hydrogens is 208 g/mol. The summed E-state index contributed by atoms with van der Waals surface area (Å²) < 4.78 is 20.9. The number of benzene rings is 1. The molecule has 14 heavy (non-hydrogen) atoms. The van der Waals surface area contributed by atoms with E-state index in [-0.39, 0.29) is 10.2 Å². The Hall–Kier alpha value is -1.60. The highest BCUT2D eigenvalue weighted by Gasteiger charge is 2.12. The number of carbonyl (C=O) groups is 1. The van der Waals surface area contributed by atoms with Gasteiger partial charge in [0.25, 0.3) is 0 Å². The van der Waals surface area contributed by atoms with Crippen LogP contribution in [0.3, 0.4) is 0 Å². The molecule has 0 aliphatic rings. The SMILES string of the molecule is NC(=O)N(Oc1ccccc1)S(=O)[O-]. The molecule has 0 aliphatic carbocycles. The lowest BCUT2D eigenvalue weighted by Crippen LogP contribution is -2.39. The summed E-state index contributed by atoms with van der Waals surface area (Å²) in [5.41, 5.74) is 4.75. The van der Waals surface area contributed by atoms with E-state index in [4.69, 9.17) is 5.73 Å². The van der Waals surface area contributed by atoms with Crippen molar-refractivity contribution in [2.45, 2.75) is 0 Å². The van der Waals surface area contributed by atoms with Gasteiger partial charge in [-0.25, -0.2) is 9.00 Å². The lowest BCUT2D eigenvalue weighted by molar-refractivity contribution is 0.0715. The fourth-order valence-corrected chi connectivity index (χ4v) is 1.02. The van der Waals surface area contributed by atoms with E-state index in [9.17, 15) is 13.6 Å². The molecule has 0 aromatic heterocycles. The van der Waals surface area contributed by atoms with Crippen LogP contribution in [0.5, 0.6) is 5.75 Å². The molecule has 1 aromatic carbocycles. The normalized spacial score (nSPS) is 11.8. The van der Waals surface area contributed by atoms with Crippen LogP contribution in [0.25, 0.3) is 0 Å². The Morgan fingerprint density at radius 2 is 2.00 bits per heavy atom. The molecule has 0 saturated carbocycles. The number of nitrogens with zero attached hydrogens (tertiary/aromatic N) is 1. The number of hydrogen-bond acceptors (Lipinski definition) is 4. The van der Waals surface area contributed by atoms with Gasteiger partial charge in [-0.05, 0) is 12.1 Å². The summed E-state index contributed by atoms with van der Waals surface area (Å²) >= 11 is -2.85. The number of amides is 2. The van der Waals surface area contributed by atoms with E-state index >= 15 is 0 Å². The molecule has 0 aliphatic heterocycles. The van der Waals surface area contributed by atoms with Gasteiger partial charge in [0.2, 0.25) is 0 Å². The standard InChI is InChI=1S/C7H8N2O4S/c8-7(10)9(14(11)12)13-6-4-2-1-3-5-6/h1-5H,(H2,8,10)(H,11,12)/p-1. The third kappa shape index (κ3) is 2.71. The largest absolute Gasteiger partial charge is 0.753 e. The smallest absolute Gasteiger partial charge is 0.359 e. The molecule has 7 heteroatoms. The summed E-state index contributed by atoms with van der Waals surface area (Å²) in [4.78, 5) is 15.3. The molecule has 0 radical (unpaired) electrons. The number of urea groups is 1. The number of carbonyl (C=O) groups excluding carboxylic acids is 1. The predicted octanol–water partition coefficient (Wildman–Crippen LogP) is 0.155. The Bertz CT molecular complexity index is 329. The van der Waals surface area contributed by atoms with E-state index in [1.54, 1.807) is 18.2 Å². The Morgan fingerprint density at radius 1 is 1.43 bits per heavy atom. The second kappa shape index (κ2) is 4.58. The van der Waals surface area contributed by atoms with Gasteiger partial charge in [0.1, 0.15) is 0 Å². The first-order valence-electron chi connectivity index (χ1n) is 3.53. The molecule has 2 N–H and O–H groups in total. The summed E-state index contributed by atoms with van der Waals surface area (Å²) in [6.07, 6.45) is 0. The first-order valence-corrected chi connectivity index (χ1v) is 4.56. The molecule has 0 saturated heterocycles. The fraction of sp³-hybridized carbons (Fsp3) is 0. The molecule has 1 rings (SSSR count). The minimum absolute atomic E-state index is 0.0509. The van der Waals surface area contributed by atoms with E-state index in [1.165, 1.54) is 12.1 Å². The molecule has 6 nitrogen and oxygen atoms in total. The van der Waals surface area contributed by atoms with Crippen LogP contribution in [0.4, 0.5) is 4.79 Å². The Morgan fingerprint density at radius 3 is 2.43 bits per heavy atom. The molecule has 1 atom stereocenters. The van der Waals surface area contributed by atoms with Crippen LogP contribution in [-0.4, -0.2) is 19.3 Å². The molecule has 0 bridgehead atoms. The van der Waals surface area contributed by atoms with Gasteiger partial charge >= 0.3 is 6.03 Å². The van der Waals surface area contributed by atoms with Crippen LogP contribution >= 0.6 is 0 Å². The lowest BCUT2D eigenvalue weighted by Gasteiger charge is -2.20. The Balaban J connectivity index is 2.75. The highest BCUT2D eigenvalue weighted by atomic mass is 32.2. The second-order valence-corrected chi connectivity index (χ2v) is 2.98. The summed E-state index contributed by atoms with van der Waals surface area (Å²) in [5.74, 6) is 0.204. The molecule has 1 aromatic rings. The van der Waals surface area contributed by atoms with Crippen LogP contribution in [-0.2, 0) is 11.3 Å². The molecular formula is C7H7N2O4S-. The summed E-state index contributed by atoms with van der Waals surface area (Å²) in [6.45, 7) is 0. The lowest BCUT2D eigenvalue weighted by atomic mass is 10.3. The van der Waals surface area contributed by atoms with Gasteiger partial charge in [-0.3, -0.25) is 0 Å². The average Bonchev–Trinajstić information content (AvgIpc) is 2.15. The number of hydrogen-bond donors (Lipinski definition) is 1. The maximum atomic E-state index is 10.6. The topological polar surface area (TPSA) is 95.7 Å². The van der Waals surface area contributed by atoms with Crippen molar-refractivity contribution in [2.24, 2.45) is 5.73 Å². The van der Waals surface area contributed by atoms with Crippen LogP contribution in [0.15, 0.2) is 30.3 Å². The van der Waals surface area contributed by atoms with Crippen molar-refractivity contribution < 1.29 is 18.4 Å².